The second-order valence-electron chi connectivity index (χ2n) is 3.76. The number of rotatable bonds is 2. The average Bonchev–Trinajstić information content (AvgIpc) is 2.03. The van der Waals surface area contributed by atoms with Crippen LogP contribution in [-0.2, 0) is 0 Å². The maximum absolute atomic E-state index is 8.45. The van der Waals surface area contributed by atoms with Crippen molar-refractivity contribution in [1.82, 2.24) is 0 Å². The number of nitriles is 1. The zero-order chi connectivity index (χ0) is 8.16. The first-order chi connectivity index (χ1) is 5.27. The van der Waals surface area contributed by atoms with E-state index in [1.54, 1.807) is 0 Å². The Balaban J connectivity index is 0.00000121. The lowest BCUT2D eigenvalue weighted by Crippen LogP contribution is -3.00. The van der Waals surface area contributed by atoms with Crippen LogP contribution in [0.1, 0.15) is 25.7 Å². The summed E-state index contributed by atoms with van der Waals surface area (Å²) in [6, 6.07) is 2.22. The molecular formula is C9H17ClN2. The van der Waals surface area contributed by atoms with Gasteiger partial charge in [-0.25, -0.2) is 0 Å². The first kappa shape index (κ1) is 11.7. The Kier molecular flexibility index (Phi) is 5.28. The fourth-order valence-electron chi connectivity index (χ4n) is 1.82. The van der Waals surface area contributed by atoms with Gasteiger partial charge in [-0.15, -0.1) is 0 Å². The molecule has 0 unspecified atom stereocenters. The Morgan fingerprint density at radius 1 is 1.25 bits per heavy atom. The topological polar surface area (TPSA) is 23.8 Å². The molecule has 0 bridgehead atoms. The van der Waals surface area contributed by atoms with Crippen LogP contribution >= 0.6 is 0 Å². The first-order valence-electron chi connectivity index (χ1n) is 4.47. The molecule has 1 aliphatic rings. The van der Waals surface area contributed by atoms with Gasteiger partial charge in [0.1, 0.15) is 0 Å². The molecule has 0 aromatic rings. The molecule has 0 amide bonds. The van der Waals surface area contributed by atoms with Gasteiger partial charge in [0, 0.05) is 0 Å². The summed E-state index contributed by atoms with van der Waals surface area (Å²) in [5.41, 5.74) is 0. The zero-order valence-corrected chi connectivity index (χ0v) is 8.48. The van der Waals surface area contributed by atoms with E-state index in [-0.39, 0.29) is 12.4 Å². The van der Waals surface area contributed by atoms with E-state index < -0.39 is 0 Å². The summed E-state index contributed by atoms with van der Waals surface area (Å²) in [7, 11) is 2.27. The Morgan fingerprint density at radius 2 is 1.83 bits per heavy atom. The summed E-state index contributed by atoms with van der Waals surface area (Å²) in [5.74, 6) is 0. The highest BCUT2D eigenvalue weighted by atomic mass is 35.5. The van der Waals surface area contributed by atoms with Gasteiger partial charge in [-0.3, -0.25) is 0 Å². The van der Waals surface area contributed by atoms with Gasteiger partial charge in [0.25, 0.3) is 0 Å². The highest BCUT2D eigenvalue weighted by Gasteiger charge is 2.23. The van der Waals surface area contributed by atoms with Crippen LogP contribution in [0.15, 0.2) is 0 Å². The third kappa shape index (κ3) is 3.42. The van der Waals surface area contributed by atoms with Crippen molar-refractivity contribution in [2.45, 2.75) is 25.7 Å². The van der Waals surface area contributed by atoms with Crippen molar-refractivity contribution in [3.8, 4) is 6.07 Å². The molecule has 1 rings (SSSR count). The molecule has 0 aromatic carbocycles. The van der Waals surface area contributed by atoms with Crippen molar-refractivity contribution < 1.29 is 16.9 Å². The van der Waals surface area contributed by atoms with Gasteiger partial charge in [0.15, 0.2) is 0 Å². The Morgan fingerprint density at radius 3 is 2.33 bits per heavy atom. The van der Waals surface area contributed by atoms with Crippen molar-refractivity contribution in [2.24, 2.45) is 0 Å². The van der Waals surface area contributed by atoms with Crippen molar-refractivity contribution in [1.29, 1.82) is 5.26 Å². The van der Waals surface area contributed by atoms with Gasteiger partial charge in [0.05, 0.1) is 39.2 Å². The molecule has 0 aromatic heterocycles. The lowest BCUT2D eigenvalue weighted by molar-refractivity contribution is -0.913. The van der Waals surface area contributed by atoms with Crippen LogP contribution in [-0.4, -0.2) is 31.2 Å². The minimum absolute atomic E-state index is 0. The molecule has 2 nitrogen and oxygen atoms in total. The van der Waals surface area contributed by atoms with Crippen LogP contribution in [0.25, 0.3) is 0 Å². The summed E-state index contributed by atoms with van der Waals surface area (Å²) in [6.07, 6.45) is 4.81. The molecule has 1 heterocycles. The van der Waals surface area contributed by atoms with Crippen molar-refractivity contribution in [3.63, 3.8) is 0 Å². The van der Waals surface area contributed by atoms with Gasteiger partial charge in [-0.05, 0) is 19.3 Å². The fourth-order valence-corrected chi connectivity index (χ4v) is 1.82. The van der Waals surface area contributed by atoms with E-state index in [0.717, 1.165) is 17.4 Å². The molecule has 0 spiro atoms. The number of hydrogen-bond donors (Lipinski definition) is 0. The second kappa shape index (κ2) is 5.40. The number of piperidine rings is 1. The van der Waals surface area contributed by atoms with Gasteiger partial charge in [-0.1, -0.05) is 0 Å². The summed E-state index contributed by atoms with van der Waals surface area (Å²) < 4.78 is 1.13. The van der Waals surface area contributed by atoms with E-state index in [2.05, 4.69) is 13.1 Å². The Labute approximate surface area is 81.2 Å². The highest BCUT2D eigenvalue weighted by molar-refractivity contribution is 4.68. The second-order valence-corrected chi connectivity index (χ2v) is 3.76. The molecule has 0 aliphatic carbocycles. The molecule has 0 saturated carbocycles. The van der Waals surface area contributed by atoms with E-state index in [0.29, 0.717) is 0 Å². The van der Waals surface area contributed by atoms with Crippen molar-refractivity contribution in [2.75, 3.05) is 26.7 Å². The van der Waals surface area contributed by atoms with E-state index in [4.69, 9.17) is 5.26 Å². The molecule has 0 N–H and O–H groups in total. The van der Waals surface area contributed by atoms with E-state index in [1.807, 2.05) is 0 Å². The SMILES string of the molecule is C[N+]1(CCC#N)CCCCC1.[Cl-]. The first-order valence-corrected chi connectivity index (χ1v) is 4.47. The maximum atomic E-state index is 8.45. The molecule has 1 fully saturated rings. The molecule has 12 heavy (non-hydrogen) atoms. The predicted molar refractivity (Wildman–Crippen MR) is 44.9 cm³/mol. The monoisotopic (exact) mass is 188 g/mol. The van der Waals surface area contributed by atoms with Crippen molar-refractivity contribution in [3.05, 3.63) is 0 Å². The van der Waals surface area contributed by atoms with Crippen LogP contribution < -0.4 is 12.4 Å². The summed E-state index contributed by atoms with van der Waals surface area (Å²) >= 11 is 0. The summed E-state index contributed by atoms with van der Waals surface area (Å²) in [4.78, 5) is 0. The number of halogens is 1. The molecule has 0 radical (unpaired) electrons. The fraction of sp³-hybridized carbons (Fsp3) is 0.889. The quantitative estimate of drug-likeness (QED) is 0.486. The van der Waals surface area contributed by atoms with Gasteiger partial charge < -0.3 is 16.9 Å². The van der Waals surface area contributed by atoms with Crippen LogP contribution in [0.5, 0.6) is 0 Å². The standard InChI is InChI=1S/C9H17N2.ClH/c1-11(9-5-6-10)7-3-2-4-8-11;/h2-5,7-9H2,1H3;1H/q+1;/p-1. The van der Waals surface area contributed by atoms with Gasteiger partial charge in [0.2, 0.25) is 0 Å². The largest absolute Gasteiger partial charge is 1.00 e. The van der Waals surface area contributed by atoms with Crippen LogP contribution in [0.2, 0.25) is 0 Å². The minimum Gasteiger partial charge on any atom is -1.00 e. The number of likely N-dealkylation sites (tertiary alicyclic amines) is 1. The Hall–Kier alpha value is -0.260. The average molecular weight is 189 g/mol. The smallest absolute Gasteiger partial charge is 0.0916 e. The van der Waals surface area contributed by atoms with Crippen molar-refractivity contribution >= 4 is 0 Å². The van der Waals surface area contributed by atoms with E-state index >= 15 is 0 Å². The lowest BCUT2D eigenvalue weighted by atomic mass is 10.1. The minimum atomic E-state index is 0. The summed E-state index contributed by atoms with van der Waals surface area (Å²) in [6.45, 7) is 3.61. The van der Waals surface area contributed by atoms with E-state index in [9.17, 15) is 0 Å². The Bertz CT molecular complexity index is 156. The molecule has 1 saturated heterocycles. The van der Waals surface area contributed by atoms with Crippen LogP contribution in [0, 0.1) is 11.3 Å². The zero-order valence-electron chi connectivity index (χ0n) is 7.72. The number of quaternary nitrogens is 1. The third-order valence-corrected chi connectivity index (χ3v) is 2.66. The number of nitrogens with zero attached hydrogens (tertiary/aromatic N) is 2. The summed E-state index contributed by atoms with van der Waals surface area (Å²) in [5, 5.41) is 8.45. The highest BCUT2D eigenvalue weighted by Crippen LogP contribution is 2.15. The van der Waals surface area contributed by atoms with Gasteiger partial charge in [-0.2, -0.15) is 5.26 Å². The van der Waals surface area contributed by atoms with Crippen LogP contribution in [0.3, 0.4) is 0 Å². The molecule has 70 valence electrons. The number of hydrogen-bond acceptors (Lipinski definition) is 1. The molecular weight excluding hydrogens is 172 g/mol. The molecule has 0 atom stereocenters. The predicted octanol–water partition coefficient (Wildman–Crippen LogP) is -1.47. The van der Waals surface area contributed by atoms with Gasteiger partial charge >= 0.3 is 0 Å². The third-order valence-electron chi connectivity index (χ3n) is 2.66. The molecule has 1 aliphatic heterocycles. The normalized spacial score (nSPS) is 20.7. The maximum Gasteiger partial charge on any atom is 0.0916 e. The van der Waals surface area contributed by atoms with E-state index in [1.165, 1.54) is 32.4 Å². The van der Waals surface area contributed by atoms with Crippen LogP contribution in [0.4, 0.5) is 0 Å². The molecule has 3 heteroatoms. The lowest BCUT2D eigenvalue weighted by Gasteiger charge is -2.37.